The van der Waals surface area contributed by atoms with E-state index in [4.69, 9.17) is 9.52 Å². The third-order valence-corrected chi connectivity index (χ3v) is 2.66. The SMILES string of the molecule is Cc1ccoc1C(=O)Nc1ccc(/C=C/C(=O)O)cc1. The molecule has 1 amide bonds. The largest absolute Gasteiger partial charge is 0.478 e. The smallest absolute Gasteiger partial charge is 0.328 e. The van der Waals surface area contributed by atoms with Crippen molar-refractivity contribution in [2.24, 2.45) is 0 Å². The van der Waals surface area contributed by atoms with Crippen LogP contribution in [-0.4, -0.2) is 17.0 Å². The molecule has 0 aliphatic rings. The molecule has 0 spiro atoms. The first-order chi connectivity index (χ1) is 9.56. The normalized spacial score (nSPS) is 10.7. The van der Waals surface area contributed by atoms with Crippen LogP contribution in [0.5, 0.6) is 0 Å². The van der Waals surface area contributed by atoms with Gasteiger partial charge in [0.05, 0.1) is 6.26 Å². The van der Waals surface area contributed by atoms with Crippen LogP contribution in [0.15, 0.2) is 47.1 Å². The van der Waals surface area contributed by atoms with E-state index in [-0.39, 0.29) is 11.7 Å². The molecule has 102 valence electrons. The molecule has 20 heavy (non-hydrogen) atoms. The Labute approximate surface area is 115 Å². The summed E-state index contributed by atoms with van der Waals surface area (Å²) in [5.41, 5.74) is 2.11. The zero-order chi connectivity index (χ0) is 14.5. The molecule has 0 saturated heterocycles. The van der Waals surface area contributed by atoms with E-state index >= 15 is 0 Å². The van der Waals surface area contributed by atoms with E-state index in [1.165, 1.54) is 12.3 Å². The highest BCUT2D eigenvalue weighted by atomic mass is 16.4. The molecular formula is C15H13NO4. The summed E-state index contributed by atoms with van der Waals surface area (Å²) in [5.74, 6) is -1.04. The number of aryl methyl sites for hydroxylation is 1. The van der Waals surface area contributed by atoms with Gasteiger partial charge in [-0.15, -0.1) is 0 Å². The predicted molar refractivity (Wildman–Crippen MR) is 74.5 cm³/mol. The second-order valence-electron chi connectivity index (χ2n) is 4.18. The van der Waals surface area contributed by atoms with Gasteiger partial charge in [-0.2, -0.15) is 0 Å². The highest BCUT2D eigenvalue weighted by Gasteiger charge is 2.12. The molecule has 0 atom stereocenters. The topological polar surface area (TPSA) is 79.5 Å². The molecule has 2 rings (SSSR count). The van der Waals surface area contributed by atoms with Crippen molar-refractivity contribution in [3.05, 3.63) is 59.6 Å². The van der Waals surface area contributed by atoms with Crippen molar-refractivity contribution in [1.82, 2.24) is 0 Å². The Morgan fingerprint density at radius 2 is 1.90 bits per heavy atom. The minimum Gasteiger partial charge on any atom is -0.478 e. The van der Waals surface area contributed by atoms with Gasteiger partial charge in [0.2, 0.25) is 0 Å². The van der Waals surface area contributed by atoms with Gasteiger partial charge in [0.1, 0.15) is 0 Å². The zero-order valence-electron chi connectivity index (χ0n) is 10.8. The first-order valence-corrected chi connectivity index (χ1v) is 5.93. The number of nitrogens with one attached hydrogen (secondary N) is 1. The van der Waals surface area contributed by atoms with Crippen molar-refractivity contribution in [3.8, 4) is 0 Å². The highest BCUT2D eigenvalue weighted by Crippen LogP contribution is 2.14. The van der Waals surface area contributed by atoms with Crippen LogP contribution in [0.1, 0.15) is 21.7 Å². The fraction of sp³-hybridized carbons (Fsp3) is 0.0667. The maximum Gasteiger partial charge on any atom is 0.328 e. The van der Waals surface area contributed by atoms with Gasteiger partial charge in [-0.25, -0.2) is 4.79 Å². The van der Waals surface area contributed by atoms with Crippen LogP contribution in [0.2, 0.25) is 0 Å². The van der Waals surface area contributed by atoms with Crippen LogP contribution < -0.4 is 5.32 Å². The van der Waals surface area contributed by atoms with Crippen LogP contribution in [-0.2, 0) is 4.79 Å². The van der Waals surface area contributed by atoms with Crippen molar-refractivity contribution in [3.63, 3.8) is 0 Å². The van der Waals surface area contributed by atoms with E-state index in [9.17, 15) is 9.59 Å². The molecule has 0 unspecified atom stereocenters. The van der Waals surface area contributed by atoms with Gasteiger partial charge in [-0.1, -0.05) is 12.1 Å². The van der Waals surface area contributed by atoms with E-state index in [1.807, 2.05) is 0 Å². The Morgan fingerprint density at radius 1 is 1.20 bits per heavy atom. The number of anilines is 1. The summed E-state index contributed by atoms with van der Waals surface area (Å²) in [6.07, 6.45) is 3.99. The zero-order valence-corrected chi connectivity index (χ0v) is 10.8. The molecule has 0 saturated carbocycles. The number of rotatable bonds is 4. The molecule has 2 N–H and O–H groups in total. The third kappa shape index (κ3) is 3.35. The van der Waals surface area contributed by atoms with Crippen molar-refractivity contribution in [1.29, 1.82) is 0 Å². The summed E-state index contributed by atoms with van der Waals surface area (Å²) < 4.78 is 5.10. The van der Waals surface area contributed by atoms with E-state index < -0.39 is 5.97 Å². The highest BCUT2D eigenvalue weighted by molar-refractivity contribution is 6.03. The Bertz CT molecular complexity index is 653. The second kappa shape index (κ2) is 5.88. The Kier molecular flexibility index (Phi) is 4.00. The van der Waals surface area contributed by atoms with Crippen LogP contribution >= 0.6 is 0 Å². The number of carbonyl (C=O) groups excluding carboxylic acids is 1. The number of hydrogen-bond donors (Lipinski definition) is 2. The molecule has 0 radical (unpaired) electrons. The third-order valence-electron chi connectivity index (χ3n) is 2.66. The summed E-state index contributed by atoms with van der Waals surface area (Å²) >= 11 is 0. The number of hydrogen-bond acceptors (Lipinski definition) is 3. The molecule has 1 aromatic heterocycles. The molecule has 0 bridgehead atoms. The van der Waals surface area contributed by atoms with Crippen molar-refractivity contribution in [2.45, 2.75) is 6.92 Å². The lowest BCUT2D eigenvalue weighted by Crippen LogP contribution is -2.11. The number of carboxylic acid groups (broad SMARTS) is 1. The lowest BCUT2D eigenvalue weighted by atomic mass is 10.2. The van der Waals surface area contributed by atoms with Gasteiger partial charge in [0.25, 0.3) is 5.91 Å². The number of carboxylic acids is 1. The first-order valence-electron chi connectivity index (χ1n) is 5.93. The molecule has 0 fully saturated rings. The van der Waals surface area contributed by atoms with E-state index in [0.29, 0.717) is 5.69 Å². The number of benzene rings is 1. The Balaban J connectivity index is 2.06. The maximum absolute atomic E-state index is 11.9. The number of aliphatic carboxylic acids is 1. The Morgan fingerprint density at radius 3 is 2.45 bits per heavy atom. The average Bonchev–Trinajstić information content (AvgIpc) is 2.84. The van der Waals surface area contributed by atoms with Crippen molar-refractivity contribution < 1.29 is 19.1 Å². The van der Waals surface area contributed by atoms with Gasteiger partial charge in [-0.3, -0.25) is 4.79 Å². The summed E-state index contributed by atoms with van der Waals surface area (Å²) in [7, 11) is 0. The minimum absolute atomic E-state index is 0.278. The molecule has 2 aromatic rings. The number of carbonyl (C=O) groups is 2. The lowest BCUT2D eigenvalue weighted by Gasteiger charge is -2.04. The standard InChI is InChI=1S/C15H13NO4/c1-10-8-9-20-14(10)15(19)16-12-5-2-11(3-6-12)4-7-13(17)18/h2-9H,1H3,(H,16,19)(H,17,18)/b7-4+. The van der Waals surface area contributed by atoms with Crippen LogP contribution in [0, 0.1) is 6.92 Å². The summed E-state index contributed by atoms with van der Waals surface area (Å²) in [6.45, 7) is 1.79. The fourth-order valence-electron chi connectivity index (χ4n) is 1.64. The van der Waals surface area contributed by atoms with Gasteiger partial charge >= 0.3 is 5.97 Å². The maximum atomic E-state index is 11.9. The van der Waals surface area contributed by atoms with Gasteiger partial charge in [0, 0.05) is 17.3 Å². The van der Waals surface area contributed by atoms with Gasteiger partial charge in [0.15, 0.2) is 5.76 Å². The van der Waals surface area contributed by atoms with Crippen molar-refractivity contribution in [2.75, 3.05) is 5.32 Å². The van der Waals surface area contributed by atoms with Crippen molar-refractivity contribution >= 4 is 23.6 Å². The fourth-order valence-corrected chi connectivity index (χ4v) is 1.64. The van der Waals surface area contributed by atoms with Crippen LogP contribution in [0.3, 0.4) is 0 Å². The number of amides is 1. The van der Waals surface area contributed by atoms with Crippen LogP contribution in [0.4, 0.5) is 5.69 Å². The van der Waals surface area contributed by atoms with E-state index in [0.717, 1.165) is 17.2 Å². The number of furan rings is 1. The summed E-state index contributed by atoms with van der Waals surface area (Å²) in [4.78, 5) is 22.3. The molecule has 0 aliphatic heterocycles. The molecule has 5 heteroatoms. The van der Waals surface area contributed by atoms with Crippen LogP contribution in [0.25, 0.3) is 6.08 Å². The Hall–Kier alpha value is -2.82. The summed E-state index contributed by atoms with van der Waals surface area (Å²) in [5, 5.41) is 11.2. The van der Waals surface area contributed by atoms with E-state index in [1.54, 1.807) is 37.3 Å². The average molecular weight is 271 g/mol. The molecule has 1 heterocycles. The molecule has 5 nitrogen and oxygen atoms in total. The monoisotopic (exact) mass is 271 g/mol. The predicted octanol–water partition coefficient (Wildman–Crippen LogP) is 2.94. The first kappa shape index (κ1) is 13.6. The van der Waals surface area contributed by atoms with Gasteiger partial charge < -0.3 is 14.8 Å². The minimum atomic E-state index is -1.00. The van der Waals surface area contributed by atoms with Gasteiger partial charge in [-0.05, 0) is 36.8 Å². The lowest BCUT2D eigenvalue weighted by molar-refractivity contribution is -0.131. The molecule has 1 aromatic carbocycles. The quantitative estimate of drug-likeness (QED) is 0.838. The molecular weight excluding hydrogens is 258 g/mol. The second-order valence-corrected chi connectivity index (χ2v) is 4.18. The van der Waals surface area contributed by atoms with E-state index in [2.05, 4.69) is 5.32 Å². The molecule has 0 aliphatic carbocycles. The summed E-state index contributed by atoms with van der Waals surface area (Å²) in [6, 6.07) is 8.53.